The van der Waals surface area contributed by atoms with Gasteiger partial charge in [-0.3, -0.25) is 4.79 Å². The van der Waals surface area contributed by atoms with Crippen LogP contribution in [0.3, 0.4) is 0 Å². The van der Waals surface area contributed by atoms with Gasteiger partial charge in [-0.15, -0.1) is 0 Å². The molecular weight excluding hydrogens is 226 g/mol. The first-order valence-electron chi connectivity index (χ1n) is 6.70. The van der Waals surface area contributed by atoms with Gasteiger partial charge < -0.3 is 10.0 Å². The zero-order valence-electron chi connectivity index (χ0n) is 11.1. The lowest BCUT2D eigenvalue weighted by Crippen LogP contribution is -2.35. The SMILES string of the molecule is CCC1CCCN(c2ccc(C(C)=O)c(O)c2)C1. The van der Waals surface area contributed by atoms with Crippen molar-refractivity contribution in [2.75, 3.05) is 18.0 Å². The molecule has 1 fully saturated rings. The standard InChI is InChI=1S/C15H21NO2/c1-3-12-5-4-8-16(10-12)13-6-7-14(11(2)17)15(18)9-13/h6-7,9,12,18H,3-5,8,10H2,1-2H3. The summed E-state index contributed by atoms with van der Waals surface area (Å²) in [6, 6.07) is 5.38. The normalized spacial score (nSPS) is 19.9. The minimum absolute atomic E-state index is 0.0934. The largest absolute Gasteiger partial charge is 0.507 e. The third kappa shape index (κ3) is 2.66. The predicted molar refractivity (Wildman–Crippen MR) is 73.3 cm³/mol. The van der Waals surface area contributed by atoms with Crippen molar-refractivity contribution in [3.05, 3.63) is 23.8 Å². The third-order valence-electron chi connectivity index (χ3n) is 3.82. The Kier molecular flexibility index (Phi) is 3.90. The number of hydrogen-bond donors (Lipinski definition) is 1. The Labute approximate surface area is 108 Å². The molecule has 1 heterocycles. The lowest BCUT2D eigenvalue weighted by molar-refractivity contribution is 0.101. The lowest BCUT2D eigenvalue weighted by Gasteiger charge is -2.34. The van der Waals surface area contributed by atoms with Crippen LogP contribution in [-0.2, 0) is 0 Å². The van der Waals surface area contributed by atoms with Gasteiger partial charge in [-0.25, -0.2) is 0 Å². The zero-order chi connectivity index (χ0) is 13.1. The fourth-order valence-corrected chi connectivity index (χ4v) is 2.65. The van der Waals surface area contributed by atoms with Gasteiger partial charge in [0.2, 0.25) is 0 Å². The Morgan fingerprint density at radius 3 is 2.89 bits per heavy atom. The smallest absolute Gasteiger partial charge is 0.163 e. The van der Waals surface area contributed by atoms with Gasteiger partial charge in [-0.1, -0.05) is 13.3 Å². The second-order valence-corrected chi connectivity index (χ2v) is 5.12. The van der Waals surface area contributed by atoms with Gasteiger partial charge >= 0.3 is 0 Å². The molecule has 1 atom stereocenters. The molecule has 0 radical (unpaired) electrons. The molecule has 1 aliphatic rings. The summed E-state index contributed by atoms with van der Waals surface area (Å²) in [4.78, 5) is 13.6. The molecule has 0 spiro atoms. The quantitative estimate of drug-likeness (QED) is 0.834. The van der Waals surface area contributed by atoms with E-state index >= 15 is 0 Å². The summed E-state index contributed by atoms with van der Waals surface area (Å²) in [7, 11) is 0. The first-order chi connectivity index (χ1) is 8.61. The maximum atomic E-state index is 11.3. The molecule has 0 aromatic heterocycles. The number of Topliss-reactive ketones (excluding diaryl/α,β-unsaturated/α-hetero) is 1. The summed E-state index contributed by atoms with van der Waals surface area (Å²) >= 11 is 0. The summed E-state index contributed by atoms with van der Waals surface area (Å²) in [5, 5.41) is 9.87. The van der Waals surface area contributed by atoms with E-state index in [4.69, 9.17) is 0 Å². The molecule has 1 aromatic rings. The summed E-state index contributed by atoms with van der Waals surface area (Å²) in [5.74, 6) is 0.746. The Balaban J connectivity index is 2.18. The molecule has 2 rings (SSSR count). The molecular formula is C15H21NO2. The first-order valence-corrected chi connectivity index (χ1v) is 6.70. The highest BCUT2D eigenvalue weighted by Crippen LogP contribution is 2.29. The Bertz CT molecular complexity index is 442. The fourth-order valence-electron chi connectivity index (χ4n) is 2.65. The van der Waals surface area contributed by atoms with E-state index < -0.39 is 0 Å². The van der Waals surface area contributed by atoms with Crippen LogP contribution in [0.4, 0.5) is 5.69 Å². The summed E-state index contributed by atoms with van der Waals surface area (Å²) < 4.78 is 0. The fraction of sp³-hybridized carbons (Fsp3) is 0.533. The number of nitrogens with zero attached hydrogens (tertiary/aromatic N) is 1. The highest BCUT2D eigenvalue weighted by Gasteiger charge is 2.19. The van der Waals surface area contributed by atoms with Crippen LogP contribution in [0, 0.1) is 5.92 Å². The number of carbonyl (C=O) groups is 1. The van der Waals surface area contributed by atoms with Crippen LogP contribution in [0.2, 0.25) is 0 Å². The van der Waals surface area contributed by atoms with E-state index in [1.165, 1.54) is 26.2 Å². The first kappa shape index (κ1) is 12.9. The van der Waals surface area contributed by atoms with Crippen LogP contribution < -0.4 is 4.90 Å². The number of phenolic OH excluding ortho intramolecular Hbond substituents is 1. The van der Waals surface area contributed by atoms with E-state index in [0.717, 1.165) is 24.7 Å². The molecule has 1 unspecified atom stereocenters. The molecule has 0 bridgehead atoms. The number of rotatable bonds is 3. The maximum absolute atomic E-state index is 11.3. The Morgan fingerprint density at radius 1 is 1.50 bits per heavy atom. The van der Waals surface area contributed by atoms with E-state index in [2.05, 4.69) is 11.8 Å². The number of carbonyl (C=O) groups excluding carboxylic acids is 1. The van der Waals surface area contributed by atoms with Crippen molar-refractivity contribution in [1.29, 1.82) is 0 Å². The number of hydrogen-bond acceptors (Lipinski definition) is 3. The van der Waals surface area contributed by atoms with Gasteiger partial charge in [0.05, 0.1) is 5.56 Å². The second-order valence-electron chi connectivity index (χ2n) is 5.12. The zero-order valence-corrected chi connectivity index (χ0v) is 11.1. The molecule has 0 saturated carbocycles. The number of phenols is 1. The number of piperidine rings is 1. The van der Waals surface area contributed by atoms with Crippen LogP contribution in [0.1, 0.15) is 43.5 Å². The molecule has 1 saturated heterocycles. The van der Waals surface area contributed by atoms with Crippen molar-refractivity contribution >= 4 is 11.5 Å². The monoisotopic (exact) mass is 247 g/mol. The van der Waals surface area contributed by atoms with Crippen molar-refractivity contribution in [3.63, 3.8) is 0 Å². The third-order valence-corrected chi connectivity index (χ3v) is 3.82. The predicted octanol–water partition coefficient (Wildman–Crippen LogP) is 3.22. The molecule has 1 aliphatic heterocycles. The second kappa shape index (κ2) is 5.42. The minimum atomic E-state index is -0.0934. The van der Waals surface area contributed by atoms with Crippen LogP contribution in [-0.4, -0.2) is 24.0 Å². The van der Waals surface area contributed by atoms with E-state index in [9.17, 15) is 9.90 Å². The van der Waals surface area contributed by atoms with Crippen molar-refractivity contribution in [2.24, 2.45) is 5.92 Å². The van der Waals surface area contributed by atoms with Crippen LogP contribution in [0.25, 0.3) is 0 Å². The molecule has 0 amide bonds. The molecule has 0 aliphatic carbocycles. The van der Waals surface area contributed by atoms with Crippen LogP contribution in [0.15, 0.2) is 18.2 Å². The van der Waals surface area contributed by atoms with Gasteiger partial charge in [0.15, 0.2) is 5.78 Å². The molecule has 3 heteroatoms. The van der Waals surface area contributed by atoms with Crippen molar-refractivity contribution in [2.45, 2.75) is 33.1 Å². The average molecular weight is 247 g/mol. The van der Waals surface area contributed by atoms with E-state index in [1.807, 2.05) is 6.07 Å². The minimum Gasteiger partial charge on any atom is -0.507 e. The average Bonchev–Trinajstić information content (AvgIpc) is 2.38. The molecule has 18 heavy (non-hydrogen) atoms. The maximum Gasteiger partial charge on any atom is 0.163 e. The summed E-state index contributed by atoms with van der Waals surface area (Å²) in [6.45, 7) is 5.79. The number of anilines is 1. The Morgan fingerprint density at radius 2 is 2.28 bits per heavy atom. The van der Waals surface area contributed by atoms with Crippen molar-refractivity contribution in [1.82, 2.24) is 0 Å². The summed E-state index contributed by atoms with van der Waals surface area (Å²) in [6.07, 6.45) is 3.70. The van der Waals surface area contributed by atoms with Crippen molar-refractivity contribution in [3.8, 4) is 5.75 Å². The van der Waals surface area contributed by atoms with Crippen LogP contribution in [0.5, 0.6) is 5.75 Å². The molecule has 1 N–H and O–H groups in total. The van der Waals surface area contributed by atoms with Crippen molar-refractivity contribution < 1.29 is 9.90 Å². The van der Waals surface area contributed by atoms with E-state index in [-0.39, 0.29) is 11.5 Å². The molecule has 98 valence electrons. The van der Waals surface area contributed by atoms with Gasteiger partial charge in [-0.2, -0.15) is 0 Å². The van der Waals surface area contributed by atoms with Gasteiger partial charge in [-0.05, 0) is 37.8 Å². The van der Waals surface area contributed by atoms with Gasteiger partial charge in [0, 0.05) is 24.8 Å². The van der Waals surface area contributed by atoms with Gasteiger partial charge in [0.1, 0.15) is 5.75 Å². The van der Waals surface area contributed by atoms with Gasteiger partial charge in [0.25, 0.3) is 0 Å². The molecule has 3 nitrogen and oxygen atoms in total. The Hall–Kier alpha value is -1.51. The summed E-state index contributed by atoms with van der Waals surface area (Å²) in [5.41, 5.74) is 1.43. The topological polar surface area (TPSA) is 40.5 Å². The van der Waals surface area contributed by atoms with Crippen LogP contribution >= 0.6 is 0 Å². The molecule has 1 aromatic carbocycles. The highest BCUT2D eigenvalue weighted by atomic mass is 16.3. The highest BCUT2D eigenvalue weighted by molar-refractivity contribution is 5.97. The van der Waals surface area contributed by atoms with E-state index in [1.54, 1.807) is 12.1 Å². The number of aromatic hydroxyl groups is 1. The van der Waals surface area contributed by atoms with E-state index in [0.29, 0.717) is 5.56 Å². The number of ketones is 1. The number of benzene rings is 1. The lowest BCUT2D eigenvalue weighted by atomic mass is 9.95.